The van der Waals surface area contributed by atoms with Crippen LogP contribution in [0.2, 0.25) is 10.0 Å². The van der Waals surface area contributed by atoms with E-state index in [9.17, 15) is 4.79 Å². The molecule has 0 saturated carbocycles. The van der Waals surface area contributed by atoms with E-state index in [0.717, 1.165) is 61.0 Å². The molecule has 1 fully saturated rings. The molecule has 1 aliphatic rings. The van der Waals surface area contributed by atoms with Gasteiger partial charge in [0.15, 0.2) is 0 Å². The van der Waals surface area contributed by atoms with Crippen molar-refractivity contribution in [2.45, 2.75) is 31.6 Å². The molecule has 4 rings (SSSR count). The molecule has 180 valence electrons. The molecule has 34 heavy (non-hydrogen) atoms. The first-order valence-corrected chi connectivity index (χ1v) is 13.4. The first-order chi connectivity index (χ1) is 16.6. The fourth-order valence-corrected chi connectivity index (χ4v) is 5.17. The summed E-state index contributed by atoms with van der Waals surface area (Å²) in [6.07, 6.45) is 2.64. The third-order valence-corrected chi connectivity index (χ3v) is 7.41. The Morgan fingerprint density at radius 1 is 1.12 bits per heavy atom. The topological polar surface area (TPSA) is 71.3 Å². The lowest BCUT2D eigenvalue weighted by Crippen LogP contribution is -2.40. The second kappa shape index (κ2) is 12.6. The number of halogens is 2. The second-order valence-electron chi connectivity index (χ2n) is 8.40. The van der Waals surface area contributed by atoms with E-state index >= 15 is 0 Å². The maximum absolute atomic E-state index is 12.5. The number of amides is 1. The molecule has 0 spiro atoms. The van der Waals surface area contributed by atoms with Crippen molar-refractivity contribution < 1.29 is 9.32 Å². The smallest absolute Gasteiger partial charge is 0.241 e. The zero-order chi connectivity index (χ0) is 23.8. The SMILES string of the molecule is O=C(NCCCSCc1cccc(Cl)c1)C1CCN(Cc2nc(-c3ccc(Cl)cc3)no2)CC1. The van der Waals surface area contributed by atoms with Crippen LogP contribution in [0.3, 0.4) is 0 Å². The lowest BCUT2D eigenvalue weighted by Gasteiger charge is -2.30. The van der Waals surface area contributed by atoms with Crippen LogP contribution in [0.25, 0.3) is 11.4 Å². The number of hydrogen-bond donors (Lipinski definition) is 1. The van der Waals surface area contributed by atoms with Crippen molar-refractivity contribution in [2.75, 3.05) is 25.4 Å². The first-order valence-electron chi connectivity index (χ1n) is 11.5. The summed E-state index contributed by atoms with van der Waals surface area (Å²) in [6.45, 7) is 2.99. The lowest BCUT2D eigenvalue weighted by molar-refractivity contribution is -0.126. The number of carbonyl (C=O) groups excluding carboxylic acids is 1. The minimum absolute atomic E-state index is 0.0719. The Morgan fingerprint density at radius 3 is 2.68 bits per heavy atom. The highest BCUT2D eigenvalue weighted by molar-refractivity contribution is 7.98. The van der Waals surface area contributed by atoms with Gasteiger partial charge in [0.1, 0.15) is 0 Å². The molecular weight excluding hydrogens is 491 g/mol. The highest BCUT2D eigenvalue weighted by Gasteiger charge is 2.25. The monoisotopic (exact) mass is 518 g/mol. The second-order valence-corrected chi connectivity index (χ2v) is 10.4. The van der Waals surface area contributed by atoms with Crippen LogP contribution in [0.15, 0.2) is 53.1 Å². The van der Waals surface area contributed by atoms with Crippen LogP contribution < -0.4 is 5.32 Å². The van der Waals surface area contributed by atoms with Crippen molar-refractivity contribution in [3.05, 3.63) is 70.0 Å². The molecule has 1 aromatic heterocycles. The van der Waals surface area contributed by atoms with E-state index in [1.807, 2.05) is 54.2 Å². The Morgan fingerprint density at radius 2 is 1.91 bits per heavy atom. The standard InChI is InChI=1S/C25H28Cl2N4O2S/c26-21-7-5-19(6-8-21)24-29-23(33-30-24)16-31-12-9-20(10-13-31)25(32)28-11-2-14-34-17-18-3-1-4-22(27)15-18/h1,3-8,15,20H,2,9-14,16-17H2,(H,28,32). The van der Waals surface area contributed by atoms with Gasteiger partial charge in [-0.05, 0) is 80.1 Å². The van der Waals surface area contributed by atoms with Gasteiger partial charge in [-0.15, -0.1) is 0 Å². The van der Waals surface area contributed by atoms with Gasteiger partial charge in [-0.2, -0.15) is 16.7 Å². The highest BCUT2D eigenvalue weighted by atomic mass is 35.5. The third-order valence-electron chi connectivity index (χ3n) is 5.81. The molecule has 0 atom stereocenters. The average molecular weight is 519 g/mol. The molecule has 0 bridgehead atoms. The van der Waals surface area contributed by atoms with Crippen LogP contribution in [-0.2, 0) is 17.1 Å². The summed E-state index contributed by atoms with van der Waals surface area (Å²) in [4.78, 5) is 19.3. The number of rotatable bonds is 10. The van der Waals surface area contributed by atoms with Crippen LogP contribution >= 0.6 is 35.0 Å². The van der Waals surface area contributed by atoms with Gasteiger partial charge < -0.3 is 9.84 Å². The normalized spacial score (nSPS) is 14.9. The van der Waals surface area contributed by atoms with Crippen LogP contribution in [0.4, 0.5) is 0 Å². The number of aromatic nitrogens is 2. The van der Waals surface area contributed by atoms with Gasteiger partial charge in [-0.25, -0.2) is 0 Å². The molecule has 1 aliphatic heterocycles. The molecule has 6 nitrogen and oxygen atoms in total. The van der Waals surface area contributed by atoms with Crippen molar-refractivity contribution >= 4 is 40.9 Å². The van der Waals surface area contributed by atoms with Gasteiger partial charge >= 0.3 is 0 Å². The summed E-state index contributed by atoms with van der Waals surface area (Å²) >= 11 is 13.8. The van der Waals surface area contributed by atoms with Crippen molar-refractivity contribution in [2.24, 2.45) is 5.92 Å². The van der Waals surface area contributed by atoms with E-state index < -0.39 is 0 Å². The average Bonchev–Trinajstić information content (AvgIpc) is 3.30. The Balaban J connectivity index is 1.11. The summed E-state index contributed by atoms with van der Waals surface area (Å²) in [5.41, 5.74) is 2.10. The molecule has 1 N–H and O–H groups in total. The lowest BCUT2D eigenvalue weighted by atomic mass is 9.96. The fraction of sp³-hybridized carbons (Fsp3) is 0.400. The van der Waals surface area contributed by atoms with Gasteiger partial charge in [0.2, 0.25) is 17.6 Å². The Hall–Kier alpha value is -2.06. The van der Waals surface area contributed by atoms with E-state index in [4.69, 9.17) is 27.7 Å². The predicted molar refractivity (Wildman–Crippen MR) is 138 cm³/mol. The van der Waals surface area contributed by atoms with E-state index in [1.165, 1.54) is 5.56 Å². The summed E-state index contributed by atoms with van der Waals surface area (Å²) in [7, 11) is 0. The maximum Gasteiger partial charge on any atom is 0.241 e. The number of thioether (sulfide) groups is 1. The molecule has 2 heterocycles. The predicted octanol–water partition coefficient (Wildman–Crippen LogP) is 5.70. The third kappa shape index (κ3) is 7.47. The van der Waals surface area contributed by atoms with Crippen LogP contribution in [0, 0.1) is 5.92 Å². The number of likely N-dealkylation sites (tertiary alicyclic amines) is 1. The van der Waals surface area contributed by atoms with Crippen molar-refractivity contribution in [1.29, 1.82) is 0 Å². The molecule has 1 amide bonds. The number of nitrogens with zero attached hydrogens (tertiary/aromatic N) is 3. The Bertz CT molecular complexity index is 1070. The van der Waals surface area contributed by atoms with E-state index in [1.54, 1.807) is 0 Å². The fourth-order valence-electron chi connectivity index (χ4n) is 3.93. The molecule has 9 heteroatoms. The van der Waals surface area contributed by atoms with Gasteiger partial charge in [0, 0.05) is 33.8 Å². The molecule has 0 aliphatic carbocycles. The van der Waals surface area contributed by atoms with Crippen LogP contribution in [-0.4, -0.2) is 46.3 Å². The Labute approximate surface area is 214 Å². The first kappa shape index (κ1) is 25.0. The van der Waals surface area contributed by atoms with Gasteiger partial charge in [0.05, 0.1) is 6.54 Å². The molecular formula is C25H28Cl2N4O2S. The van der Waals surface area contributed by atoms with Crippen LogP contribution in [0.1, 0.15) is 30.7 Å². The molecule has 1 saturated heterocycles. The summed E-state index contributed by atoms with van der Waals surface area (Å²) < 4.78 is 5.42. The van der Waals surface area contributed by atoms with Gasteiger partial charge in [-0.3, -0.25) is 9.69 Å². The van der Waals surface area contributed by atoms with Crippen molar-refractivity contribution in [3.8, 4) is 11.4 Å². The zero-order valence-corrected chi connectivity index (χ0v) is 21.2. The number of hydrogen-bond acceptors (Lipinski definition) is 6. The van der Waals surface area contributed by atoms with Crippen LogP contribution in [0.5, 0.6) is 0 Å². The summed E-state index contributed by atoms with van der Waals surface area (Å²) in [6, 6.07) is 15.3. The zero-order valence-electron chi connectivity index (χ0n) is 18.9. The summed E-state index contributed by atoms with van der Waals surface area (Å²) in [5.74, 6) is 3.33. The van der Waals surface area contributed by atoms with E-state index in [-0.39, 0.29) is 11.8 Å². The molecule has 0 radical (unpaired) electrons. The van der Waals surface area contributed by atoms with E-state index in [2.05, 4.69) is 26.4 Å². The Kier molecular flexibility index (Phi) is 9.27. The van der Waals surface area contributed by atoms with Gasteiger partial charge in [0.25, 0.3) is 0 Å². The van der Waals surface area contributed by atoms with Gasteiger partial charge in [-0.1, -0.05) is 40.5 Å². The quantitative estimate of drug-likeness (QED) is 0.347. The van der Waals surface area contributed by atoms with Crippen molar-refractivity contribution in [3.63, 3.8) is 0 Å². The molecule has 2 aromatic carbocycles. The minimum atomic E-state index is 0.0719. The number of piperidine rings is 1. The molecule has 3 aromatic rings. The largest absolute Gasteiger partial charge is 0.356 e. The highest BCUT2D eigenvalue weighted by Crippen LogP contribution is 2.22. The minimum Gasteiger partial charge on any atom is -0.356 e. The number of carbonyl (C=O) groups is 1. The van der Waals surface area contributed by atoms with Crippen molar-refractivity contribution in [1.82, 2.24) is 20.4 Å². The number of nitrogens with one attached hydrogen (secondary N) is 1. The molecule has 0 unspecified atom stereocenters. The van der Waals surface area contributed by atoms with E-state index in [0.29, 0.717) is 23.3 Å². The number of benzene rings is 2. The maximum atomic E-state index is 12.5. The summed E-state index contributed by atoms with van der Waals surface area (Å²) in [5, 5.41) is 8.63.